The maximum Gasteiger partial charge on any atom is 0.275 e. The van der Waals surface area contributed by atoms with Crippen molar-refractivity contribution >= 4 is 11.8 Å². The molecule has 2 aromatic rings. The van der Waals surface area contributed by atoms with E-state index in [0.29, 0.717) is 12.0 Å². The molecule has 0 bridgehead atoms. The van der Waals surface area contributed by atoms with Crippen LogP contribution >= 0.6 is 0 Å². The topological polar surface area (TPSA) is 124 Å². The number of halogens is 2. The van der Waals surface area contributed by atoms with E-state index >= 15 is 0 Å². The molecule has 0 aliphatic heterocycles. The number of amides is 2. The number of nitrogens with zero attached hydrogens (tertiary/aromatic N) is 1. The monoisotopic (exact) mass is 464 g/mol. The summed E-state index contributed by atoms with van der Waals surface area (Å²) in [7, 11) is 1.49. The highest BCUT2D eigenvalue weighted by atomic mass is 19.1. The second-order valence-electron chi connectivity index (χ2n) is 7.79. The van der Waals surface area contributed by atoms with E-state index in [0.717, 1.165) is 31.6 Å². The molecule has 0 saturated heterocycles. The standard InChI is InChI=1S/C22H26F2N4O5/c1-33-7-6-28(12-25-9-13-2-3-13)22(32)18-20(30)19(29)16(11-26-18)21(31)27-10-14-4-5-15(23)8-17(14)24/h4-5,8,11,13,25,30H,2-3,6-7,9-10,12H2,1H3,(H,26,29)(H,27,31). The van der Waals surface area contributed by atoms with E-state index in [1.165, 1.54) is 18.1 Å². The van der Waals surface area contributed by atoms with E-state index in [4.69, 9.17) is 4.74 Å². The molecule has 1 heterocycles. The highest BCUT2D eigenvalue weighted by Crippen LogP contribution is 2.27. The minimum Gasteiger partial charge on any atom is -0.503 e. The fourth-order valence-corrected chi connectivity index (χ4v) is 3.12. The molecule has 0 unspecified atom stereocenters. The van der Waals surface area contributed by atoms with Crippen molar-refractivity contribution < 1.29 is 28.2 Å². The number of aromatic amines is 1. The van der Waals surface area contributed by atoms with Gasteiger partial charge >= 0.3 is 0 Å². The third kappa shape index (κ3) is 6.36. The predicted molar refractivity (Wildman–Crippen MR) is 115 cm³/mol. The van der Waals surface area contributed by atoms with Gasteiger partial charge in [-0.15, -0.1) is 0 Å². The summed E-state index contributed by atoms with van der Waals surface area (Å²) in [6, 6.07) is 2.88. The zero-order valence-electron chi connectivity index (χ0n) is 18.1. The maximum absolute atomic E-state index is 13.7. The lowest BCUT2D eigenvalue weighted by molar-refractivity contribution is 0.0668. The molecule has 2 amide bonds. The highest BCUT2D eigenvalue weighted by molar-refractivity contribution is 5.98. The lowest BCUT2D eigenvalue weighted by atomic mass is 10.1. The summed E-state index contributed by atoms with van der Waals surface area (Å²) in [6.07, 6.45) is 3.30. The molecule has 3 rings (SSSR count). The van der Waals surface area contributed by atoms with Crippen molar-refractivity contribution in [2.45, 2.75) is 19.4 Å². The van der Waals surface area contributed by atoms with Crippen molar-refractivity contribution in [2.75, 3.05) is 33.5 Å². The number of carbonyl (C=O) groups is 2. The smallest absolute Gasteiger partial charge is 0.275 e. The van der Waals surface area contributed by atoms with Crippen LogP contribution in [0.15, 0.2) is 29.2 Å². The van der Waals surface area contributed by atoms with Crippen molar-refractivity contribution in [2.24, 2.45) is 5.92 Å². The van der Waals surface area contributed by atoms with Crippen molar-refractivity contribution in [3.8, 4) is 5.75 Å². The first-order valence-electron chi connectivity index (χ1n) is 10.5. The van der Waals surface area contributed by atoms with Gasteiger partial charge in [0.05, 0.1) is 13.3 Å². The van der Waals surface area contributed by atoms with Gasteiger partial charge in [-0.3, -0.25) is 19.7 Å². The number of hydrogen-bond acceptors (Lipinski definition) is 6. The summed E-state index contributed by atoms with van der Waals surface area (Å²) < 4.78 is 31.8. The van der Waals surface area contributed by atoms with Crippen LogP contribution in [-0.4, -0.2) is 60.3 Å². The Labute approximate surface area is 188 Å². The second kappa shape index (κ2) is 11.0. The van der Waals surface area contributed by atoms with Crippen LogP contribution in [0.5, 0.6) is 5.75 Å². The summed E-state index contributed by atoms with van der Waals surface area (Å²) in [4.78, 5) is 41.7. The number of ether oxygens (including phenoxy) is 1. The Morgan fingerprint density at radius 2 is 2.06 bits per heavy atom. The Hall–Kier alpha value is -3.31. The van der Waals surface area contributed by atoms with Crippen LogP contribution in [-0.2, 0) is 11.3 Å². The van der Waals surface area contributed by atoms with Crippen molar-refractivity contribution in [3.63, 3.8) is 0 Å². The normalized spacial score (nSPS) is 13.1. The van der Waals surface area contributed by atoms with E-state index in [9.17, 15) is 28.3 Å². The molecule has 0 atom stereocenters. The predicted octanol–water partition coefficient (Wildman–Crippen LogP) is 1.33. The lowest BCUT2D eigenvalue weighted by Crippen LogP contribution is -2.42. The molecule has 1 aromatic carbocycles. The van der Waals surface area contributed by atoms with E-state index in [2.05, 4.69) is 15.6 Å². The van der Waals surface area contributed by atoms with E-state index in [1.54, 1.807) is 0 Å². The van der Waals surface area contributed by atoms with Crippen LogP contribution in [0.2, 0.25) is 0 Å². The van der Waals surface area contributed by atoms with E-state index in [-0.39, 0.29) is 37.6 Å². The maximum atomic E-state index is 13.7. The molecule has 1 saturated carbocycles. The number of H-pyrrole nitrogens is 1. The Morgan fingerprint density at radius 1 is 1.30 bits per heavy atom. The zero-order chi connectivity index (χ0) is 24.0. The number of methoxy groups -OCH3 is 1. The quantitative estimate of drug-likeness (QED) is 0.372. The van der Waals surface area contributed by atoms with Crippen molar-refractivity contribution in [3.05, 3.63) is 63.1 Å². The second-order valence-corrected chi connectivity index (χ2v) is 7.79. The van der Waals surface area contributed by atoms with Gasteiger partial charge in [-0.2, -0.15) is 0 Å². The zero-order valence-corrected chi connectivity index (χ0v) is 18.1. The highest BCUT2D eigenvalue weighted by Gasteiger charge is 2.25. The third-order valence-electron chi connectivity index (χ3n) is 5.26. The molecule has 1 aromatic heterocycles. The van der Waals surface area contributed by atoms with E-state index in [1.807, 2.05) is 0 Å². The molecule has 0 radical (unpaired) electrons. The molecule has 0 spiro atoms. The molecule has 9 nitrogen and oxygen atoms in total. The third-order valence-corrected chi connectivity index (χ3v) is 5.26. The van der Waals surface area contributed by atoms with Crippen LogP contribution in [0.25, 0.3) is 0 Å². The van der Waals surface area contributed by atoms with Gasteiger partial charge in [0, 0.05) is 38.0 Å². The van der Waals surface area contributed by atoms with Crippen LogP contribution < -0.4 is 16.1 Å². The lowest BCUT2D eigenvalue weighted by Gasteiger charge is -2.23. The molecule has 1 aliphatic rings. The Bertz CT molecular complexity index is 1070. The molecule has 33 heavy (non-hydrogen) atoms. The van der Waals surface area contributed by atoms with Gasteiger partial charge in [0.15, 0.2) is 11.4 Å². The SMILES string of the molecule is COCCN(CNCC1CC1)C(=O)c1[nH]cc(C(=O)NCc2ccc(F)cc2F)c(=O)c1O. The number of aromatic nitrogens is 1. The van der Waals surface area contributed by atoms with Crippen molar-refractivity contribution in [1.29, 1.82) is 0 Å². The van der Waals surface area contributed by atoms with Crippen LogP contribution in [0, 0.1) is 17.6 Å². The molecule has 178 valence electrons. The summed E-state index contributed by atoms with van der Waals surface area (Å²) in [5, 5.41) is 15.8. The fraction of sp³-hybridized carbons (Fsp3) is 0.409. The van der Waals surface area contributed by atoms with Crippen LogP contribution in [0.1, 0.15) is 39.3 Å². The molecule has 1 aliphatic carbocycles. The summed E-state index contributed by atoms with van der Waals surface area (Å²) in [6.45, 7) is 1.13. The number of rotatable bonds is 11. The average Bonchev–Trinajstić information content (AvgIpc) is 3.61. The first-order valence-corrected chi connectivity index (χ1v) is 10.5. The minimum atomic E-state index is -1.05. The minimum absolute atomic E-state index is 0.0182. The van der Waals surface area contributed by atoms with Gasteiger partial charge in [-0.1, -0.05) is 6.07 Å². The molecular formula is C22H26F2N4O5. The van der Waals surface area contributed by atoms with Crippen LogP contribution in [0.4, 0.5) is 8.78 Å². The molecule has 11 heteroatoms. The van der Waals surface area contributed by atoms with Gasteiger partial charge in [-0.05, 0) is 31.4 Å². The van der Waals surface area contributed by atoms with Gasteiger partial charge in [0.1, 0.15) is 17.2 Å². The summed E-state index contributed by atoms with van der Waals surface area (Å²) in [5.74, 6) is -3.43. The number of nitrogens with one attached hydrogen (secondary N) is 3. The Balaban J connectivity index is 1.70. The number of benzene rings is 1. The average molecular weight is 464 g/mol. The first-order chi connectivity index (χ1) is 15.8. The largest absolute Gasteiger partial charge is 0.503 e. The van der Waals surface area contributed by atoms with Gasteiger partial charge < -0.3 is 25.0 Å². The van der Waals surface area contributed by atoms with Crippen LogP contribution in [0.3, 0.4) is 0 Å². The molecule has 4 N–H and O–H groups in total. The molecular weight excluding hydrogens is 438 g/mol. The first kappa shape index (κ1) is 24.3. The Morgan fingerprint density at radius 3 is 2.73 bits per heavy atom. The number of pyridine rings is 1. The van der Waals surface area contributed by atoms with Crippen molar-refractivity contribution in [1.82, 2.24) is 20.5 Å². The van der Waals surface area contributed by atoms with Gasteiger partial charge in [0.2, 0.25) is 5.43 Å². The number of aromatic hydroxyl groups is 1. The van der Waals surface area contributed by atoms with E-state index < -0.39 is 40.2 Å². The number of hydrogen-bond donors (Lipinski definition) is 4. The summed E-state index contributed by atoms with van der Waals surface area (Å²) in [5.41, 5.74) is -1.84. The van der Waals surface area contributed by atoms with Gasteiger partial charge in [-0.25, -0.2) is 8.78 Å². The fourth-order valence-electron chi connectivity index (χ4n) is 3.12. The number of carbonyl (C=O) groups excluding carboxylic acids is 2. The summed E-state index contributed by atoms with van der Waals surface area (Å²) >= 11 is 0. The molecule has 1 fully saturated rings. The van der Waals surface area contributed by atoms with Gasteiger partial charge in [0.25, 0.3) is 11.8 Å². The Kier molecular flexibility index (Phi) is 8.12.